The third kappa shape index (κ3) is 1.93. The molecular formula is C13H10N4O2. The predicted molar refractivity (Wildman–Crippen MR) is 68.7 cm³/mol. The van der Waals surface area contributed by atoms with Gasteiger partial charge in [-0.3, -0.25) is 4.68 Å². The van der Waals surface area contributed by atoms with Crippen LogP contribution in [0.4, 0.5) is 0 Å². The van der Waals surface area contributed by atoms with Gasteiger partial charge in [-0.2, -0.15) is 5.10 Å². The number of carboxylic acid groups (broad SMARTS) is 1. The highest BCUT2D eigenvalue weighted by molar-refractivity contribution is 5.95. The molecule has 2 heterocycles. The van der Waals surface area contributed by atoms with Crippen LogP contribution in [0, 0.1) is 0 Å². The minimum absolute atomic E-state index is 0.0265. The Bertz CT molecular complexity index is 779. The Morgan fingerprint density at radius 1 is 1.26 bits per heavy atom. The maximum Gasteiger partial charge on any atom is 0.354 e. The van der Waals surface area contributed by atoms with Crippen molar-refractivity contribution in [1.29, 1.82) is 0 Å². The average Bonchev–Trinajstić information content (AvgIpc) is 2.84. The van der Waals surface area contributed by atoms with Crippen LogP contribution in [0.25, 0.3) is 22.3 Å². The molecule has 0 aliphatic rings. The van der Waals surface area contributed by atoms with Gasteiger partial charge < -0.3 is 5.11 Å². The molecule has 0 saturated heterocycles. The molecule has 0 aliphatic heterocycles. The Kier molecular flexibility index (Phi) is 2.49. The van der Waals surface area contributed by atoms with Crippen LogP contribution in [-0.4, -0.2) is 30.8 Å². The number of pyridine rings is 1. The van der Waals surface area contributed by atoms with Crippen LogP contribution in [0.5, 0.6) is 0 Å². The van der Waals surface area contributed by atoms with E-state index in [0.29, 0.717) is 11.3 Å². The topological polar surface area (TPSA) is 80.9 Å². The predicted octanol–water partition coefficient (Wildman–Crippen LogP) is 1.73. The van der Waals surface area contributed by atoms with Crippen LogP contribution in [0.3, 0.4) is 0 Å². The van der Waals surface area contributed by atoms with Gasteiger partial charge in [0, 0.05) is 18.0 Å². The number of hydrogen-bond acceptors (Lipinski definition) is 4. The van der Waals surface area contributed by atoms with E-state index in [9.17, 15) is 4.79 Å². The second kappa shape index (κ2) is 4.16. The summed E-state index contributed by atoms with van der Waals surface area (Å²) < 4.78 is 1.62. The average molecular weight is 254 g/mol. The minimum atomic E-state index is -1.04. The van der Waals surface area contributed by atoms with Crippen molar-refractivity contribution in [1.82, 2.24) is 19.7 Å². The summed E-state index contributed by atoms with van der Waals surface area (Å²) in [5.74, 6) is -0.443. The van der Waals surface area contributed by atoms with Gasteiger partial charge in [0.1, 0.15) is 12.0 Å². The molecule has 0 fully saturated rings. The zero-order valence-corrected chi connectivity index (χ0v) is 10.1. The van der Waals surface area contributed by atoms with Crippen molar-refractivity contribution in [2.24, 2.45) is 7.05 Å². The standard InChI is InChI=1S/C13H10N4O2/c1-17-7-14-12(16-17)9-3-2-4-10-8(9)5-6-11(15-10)13(18)19/h2-7H,1H3,(H,18,19). The summed E-state index contributed by atoms with van der Waals surface area (Å²) in [5.41, 5.74) is 1.48. The molecule has 0 bridgehead atoms. The van der Waals surface area contributed by atoms with Crippen LogP contribution in [-0.2, 0) is 7.05 Å². The van der Waals surface area contributed by atoms with Gasteiger partial charge in [-0.25, -0.2) is 14.8 Å². The molecule has 2 aromatic heterocycles. The van der Waals surface area contributed by atoms with E-state index in [4.69, 9.17) is 5.11 Å². The first kappa shape index (κ1) is 11.3. The van der Waals surface area contributed by atoms with Gasteiger partial charge in [-0.05, 0) is 18.2 Å². The fraction of sp³-hybridized carbons (Fsp3) is 0.0769. The van der Waals surface area contributed by atoms with Crippen LogP contribution >= 0.6 is 0 Å². The number of benzene rings is 1. The fourth-order valence-corrected chi connectivity index (χ4v) is 1.93. The van der Waals surface area contributed by atoms with Gasteiger partial charge >= 0.3 is 5.97 Å². The highest BCUT2D eigenvalue weighted by Crippen LogP contribution is 2.25. The quantitative estimate of drug-likeness (QED) is 0.753. The Balaban J connectivity index is 2.24. The Morgan fingerprint density at radius 3 is 2.79 bits per heavy atom. The molecule has 0 unspecified atom stereocenters. The number of nitrogens with zero attached hydrogens (tertiary/aromatic N) is 4. The summed E-state index contributed by atoms with van der Waals surface area (Å²) in [6.07, 6.45) is 1.62. The molecule has 0 atom stereocenters. The summed E-state index contributed by atoms with van der Waals surface area (Å²) in [4.78, 5) is 19.2. The summed E-state index contributed by atoms with van der Waals surface area (Å²) in [6, 6.07) is 8.69. The lowest BCUT2D eigenvalue weighted by Gasteiger charge is -2.03. The lowest BCUT2D eigenvalue weighted by Crippen LogP contribution is -2.00. The van der Waals surface area contributed by atoms with Crippen molar-refractivity contribution in [2.45, 2.75) is 0 Å². The molecular weight excluding hydrogens is 244 g/mol. The number of rotatable bonds is 2. The van der Waals surface area contributed by atoms with Crippen molar-refractivity contribution < 1.29 is 9.90 Å². The summed E-state index contributed by atoms with van der Waals surface area (Å²) in [5, 5.41) is 14.0. The molecule has 0 spiro atoms. The van der Waals surface area contributed by atoms with Crippen LogP contribution in [0.2, 0.25) is 0 Å². The molecule has 94 valence electrons. The molecule has 0 aliphatic carbocycles. The van der Waals surface area contributed by atoms with Gasteiger partial charge in [0.25, 0.3) is 0 Å². The van der Waals surface area contributed by atoms with Crippen molar-refractivity contribution in [2.75, 3.05) is 0 Å². The minimum Gasteiger partial charge on any atom is -0.477 e. The maximum absolute atomic E-state index is 10.9. The molecule has 0 saturated carbocycles. The third-order valence-corrected chi connectivity index (χ3v) is 2.79. The highest BCUT2D eigenvalue weighted by Gasteiger charge is 2.11. The van der Waals surface area contributed by atoms with Gasteiger partial charge in [-0.1, -0.05) is 12.1 Å². The summed E-state index contributed by atoms with van der Waals surface area (Å²) in [7, 11) is 1.79. The number of aryl methyl sites for hydroxylation is 1. The number of carbonyl (C=O) groups is 1. The van der Waals surface area contributed by atoms with Gasteiger partial charge in [0.2, 0.25) is 0 Å². The van der Waals surface area contributed by atoms with Crippen LogP contribution in [0.1, 0.15) is 10.5 Å². The Hall–Kier alpha value is -2.76. The Morgan fingerprint density at radius 2 is 2.11 bits per heavy atom. The van der Waals surface area contributed by atoms with E-state index in [1.807, 2.05) is 12.1 Å². The van der Waals surface area contributed by atoms with E-state index in [1.54, 1.807) is 30.2 Å². The number of hydrogen-bond donors (Lipinski definition) is 1. The second-order valence-corrected chi connectivity index (χ2v) is 4.12. The smallest absolute Gasteiger partial charge is 0.354 e. The van der Waals surface area contributed by atoms with E-state index >= 15 is 0 Å². The van der Waals surface area contributed by atoms with Crippen LogP contribution in [0.15, 0.2) is 36.7 Å². The van der Waals surface area contributed by atoms with Gasteiger partial charge in [-0.15, -0.1) is 0 Å². The molecule has 6 heteroatoms. The zero-order chi connectivity index (χ0) is 13.4. The lowest BCUT2D eigenvalue weighted by molar-refractivity contribution is 0.0691. The molecule has 19 heavy (non-hydrogen) atoms. The van der Waals surface area contributed by atoms with Crippen LogP contribution < -0.4 is 0 Å². The summed E-state index contributed by atoms with van der Waals surface area (Å²) in [6.45, 7) is 0. The van der Waals surface area contributed by atoms with E-state index < -0.39 is 5.97 Å². The maximum atomic E-state index is 10.9. The van der Waals surface area contributed by atoms with Crippen molar-refractivity contribution in [3.05, 3.63) is 42.4 Å². The van der Waals surface area contributed by atoms with E-state index in [1.165, 1.54) is 6.07 Å². The van der Waals surface area contributed by atoms with E-state index in [0.717, 1.165) is 10.9 Å². The summed E-state index contributed by atoms with van der Waals surface area (Å²) >= 11 is 0. The number of aromatic nitrogens is 4. The lowest BCUT2D eigenvalue weighted by atomic mass is 10.1. The number of aromatic carboxylic acids is 1. The van der Waals surface area contributed by atoms with Crippen molar-refractivity contribution in [3.63, 3.8) is 0 Å². The highest BCUT2D eigenvalue weighted by atomic mass is 16.4. The van der Waals surface area contributed by atoms with Crippen molar-refractivity contribution in [3.8, 4) is 11.4 Å². The molecule has 3 rings (SSSR count). The number of fused-ring (bicyclic) bond motifs is 1. The van der Waals surface area contributed by atoms with Gasteiger partial charge in [0.05, 0.1) is 5.52 Å². The molecule has 0 radical (unpaired) electrons. The largest absolute Gasteiger partial charge is 0.477 e. The SMILES string of the molecule is Cn1cnc(-c2cccc3nc(C(=O)O)ccc23)n1. The second-order valence-electron chi connectivity index (χ2n) is 4.12. The monoisotopic (exact) mass is 254 g/mol. The van der Waals surface area contributed by atoms with Crippen molar-refractivity contribution >= 4 is 16.9 Å². The Labute approximate surface area is 108 Å². The molecule has 1 N–H and O–H groups in total. The van der Waals surface area contributed by atoms with Gasteiger partial charge in [0.15, 0.2) is 5.82 Å². The first-order chi connectivity index (χ1) is 9.15. The van der Waals surface area contributed by atoms with E-state index in [2.05, 4.69) is 15.1 Å². The molecule has 6 nitrogen and oxygen atoms in total. The zero-order valence-electron chi connectivity index (χ0n) is 10.1. The first-order valence-electron chi connectivity index (χ1n) is 5.64. The molecule has 0 amide bonds. The fourth-order valence-electron chi connectivity index (χ4n) is 1.93. The first-order valence-corrected chi connectivity index (χ1v) is 5.64. The molecule has 1 aromatic carbocycles. The third-order valence-electron chi connectivity index (χ3n) is 2.79. The van der Waals surface area contributed by atoms with E-state index in [-0.39, 0.29) is 5.69 Å². The molecule has 3 aromatic rings. The number of carboxylic acids is 1. The normalized spacial score (nSPS) is 10.8.